The van der Waals surface area contributed by atoms with Crippen molar-refractivity contribution in [1.29, 1.82) is 0 Å². The van der Waals surface area contributed by atoms with E-state index >= 15 is 0 Å². The number of thiophene rings is 1. The summed E-state index contributed by atoms with van der Waals surface area (Å²) in [5.74, 6) is 0.0167. The Morgan fingerprint density at radius 1 is 1.37 bits per heavy atom. The average Bonchev–Trinajstić information content (AvgIpc) is 3.09. The van der Waals surface area contributed by atoms with Gasteiger partial charge in [0, 0.05) is 45.1 Å². The lowest BCUT2D eigenvalue weighted by Crippen LogP contribution is -2.62. The maximum absolute atomic E-state index is 12.5. The molecule has 0 spiro atoms. The largest absolute Gasteiger partial charge is 0.343 e. The Balaban J connectivity index is 1.76. The molecule has 1 aliphatic rings. The molecular formula is C17H21ClN4O3S2. The molecule has 2 atom stereocenters. The molecule has 1 N–H and O–H groups in total. The molecule has 3 heterocycles. The van der Waals surface area contributed by atoms with E-state index in [1.807, 2.05) is 24.0 Å². The van der Waals surface area contributed by atoms with Crippen LogP contribution in [0.5, 0.6) is 0 Å². The average molecular weight is 429 g/mol. The van der Waals surface area contributed by atoms with Gasteiger partial charge < -0.3 is 4.90 Å². The van der Waals surface area contributed by atoms with E-state index in [0.29, 0.717) is 17.4 Å². The van der Waals surface area contributed by atoms with E-state index in [-0.39, 0.29) is 28.7 Å². The molecule has 7 nitrogen and oxygen atoms in total. The summed E-state index contributed by atoms with van der Waals surface area (Å²) >= 11 is 6.87. The second-order valence-electron chi connectivity index (χ2n) is 6.49. The maximum atomic E-state index is 12.5. The zero-order valence-corrected chi connectivity index (χ0v) is 17.4. The maximum Gasteiger partial charge on any atom is 0.250 e. The summed E-state index contributed by atoms with van der Waals surface area (Å²) in [5, 5.41) is 0. The third-order valence-corrected chi connectivity index (χ3v) is 7.74. The highest BCUT2D eigenvalue weighted by molar-refractivity contribution is 7.91. The number of carbonyl (C=O) groups is 1. The van der Waals surface area contributed by atoms with E-state index in [1.54, 1.807) is 30.4 Å². The number of rotatable bonds is 6. The molecule has 0 saturated carbocycles. The van der Waals surface area contributed by atoms with Crippen LogP contribution < -0.4 is 4.72 Å². The van der Waals surface area contributed by atoms with Crippen LogP contribution in [0.2, 0.25) is 4.34 Å². The van der Waals surface area contributed by atoms with Crippen LogP contribution in [-0.2, 0) is 21.4 Å². The zero-order valence-electron chi connectivity index (χ0n) is 15.0. The summed E-state index contributed by atoms with van der Waals surface area (Å²) in [6.07, 6.45) is 3.45. The first-order valence-corrected chi connectivity index (χ1v) is 11.1. The molecule has 0 unspecified atom stereocenters. The highest BCUT2D eigenvalue weighted by Crippen LogP contribution is 2.26. The molecule has 2 aromatic heterocycles. The van der Waals surface area contributed by atoms with E-state index in [9.17, 15) is 13.2 Å². The van der Waals surface area contributed by atoms with Crippen LogP contribution >= 0.6 is 22.9 Å². The van der Waals surface area contributed by atoms with Crippen molar-refractivity contribution in [2.24, 2.45) is 0 Å². The number of nitrogens with one attached hydrogen (secondary N) is 1. The van der Waals surface area contributed by atoms with Crippen molar-refractivity contribution < 1.29 is 13.2 Å². The van der Waals surface area contributed by atoms with Gasteiger partial charge in [0.2, 0.25) is 15.9 Å². The van der Waals surface area contributed by atoms with Crippen LogP contribution in [0.15, 0.2) is 40.9 Å². The normalized spacial score (nSPS) is 21.6. The summed E-state index contributed by atoms with van der Waals surface area (Å²) < 4.78 is 28.3. The zero-order chi connectivity index (χ0) is 19.6. The van der Waals surface area contributed by atoms with E-state index < -0.39 is 10.0 Å². The minimum absolute atomic E-state index is 0.0167. The van der Waals surface area contributed by atoms with Gasteiger partial charge in [0.15, 0.2) is 0 Å². The van der Waals surface area contributed by atoms with Gasteiger partial charge in [0.05, 0.1) is 10.4 Å². The summed E-state index contributed by atoms with van der Waals surface area (Å²) in [4.78, 5) is 20.2. The summed E-state index contributed by atoms with van der Waals surface area (Å²) in [6, 6.07) is 6.32. The second kappa shape index (κ2) is 8.24. The Morgan fingerprint density at radius 2 is 2.15 bits per heavy atom. The lowest BCUT2D eigenvalue weighted by Gasteiger charge is -2.43. The Hall–Kier alpha value is -1.52. The minimum atomic E-state index is -3.64. The van der Waals surface area contributed by atoms with Crippen LogP contribution in [-0.4, -0.2) is 61.3 Å². The first-order valence-electron chi connectivity index (χ1n) is 8.42. The number of pyridine rings is 1. The fourth-order valence-corrected chi connectivity index (χ4v) is 5.76. The number of nitrogens with zero attached hydrogens (tertiary/aromatic N) is 3. The van der Waals surface area contributed by atoms with E-state index in [2.05, 4.69) is 9.71 Å². The molecule has 1 amide bonds. The summed E-state index contributed by atoms with van der Waals surface area (Å²) in [7, 11) is -1.91. The molecule has 1 saturated heterocycles. The van der Waals surface area contributed by atoms with Gasteiger partial charge in [-0.2, -0.15) is 0 Å². The Bertz CT molecular complexity index is 904. The van der Waals surface area contributed by atoms with Crippen molar-refractivity contribution in [3.8, 4) is 0 Å². The Kier molecular flexibility index (Phi) is 6.17. The molecule has 0 bridgehead atoms. The molecule has 0 aliphatic carbocycles. The van der Waals surface area contributed by atoms with Gasteiger partial charge in [0.25, 0.3) is 0 Å². The van der Waals surface area contributed by atoms with Gasteiger partial charge in [0.1, 0.15) is 4.21 Å². The van der Waals surface area contributed by atoms with E-state index in [4.69, 9.17) is 11.6 Å². The van der Waals surface area contributed by atoms with Crippen molar-refractivity contribution in [3.05, 3.63) is 46.6 Å². The summed E-state index contributed by atoms with van der Waals surface area (Å²) in [5.41, 5.74) is 0.972. The van der Waals surface area contributed by atoms with Gasteiger partial charge in [-0.25, -0.2) is 13.1 Å². The number of halogens is 1. The number of piperazine rings is 1. The molecule has 10 heteroatoms. The number of carbonyl (C=O) groups excluding carboxylic acids is 1. The van der Waals surface area contributed by atoms with Crippen LogP contribution in [0.25, 0.3) is 0 Å². The molecule has 27 heavy (non-hydrogen) atoms. The SMILES string of the molecule is C[C@H]1C(=O)N(C)C[C@@H](CNS(=O)(=O)c2ccc(Cl)s2)N1Cc1cccnc1. The fraction of sp³-hybridized carbons (Fsp3) is 0.412. The van der Waals surface area contributed by atoms with E-state index in [0.717, 1.165) is 16.9 Å². The van der Waals surface area contributed by atoms with E-state index in [1.165, 1.54) is 6.07 Å². The third-order valence-electron chi connectivity index (χ3n) is 4.60. The highest BCUT2D eigenvalue weighted by atomic mass is 35.5. The molecule has 1 aliphatic heterocycles. The number of likely N-dealkylation sites (N-methyl/N-ethyl adjacent to an activating group) is 1. The van der Waals surface area contributed by atoms with Gasteiger partial charge in [-0.3, -0.25) is 14.7 Å². The quantitative estimate of drug-likeness (QED) is 0.758. The predicted molar refractivity (Wildman–Crippen MR) is 105 cm³/mol. The summed E-state index contributed by atoms with van der Waals surface area (Å²) in [6.45, 7) is 3.00. The molecular weight excluding hydrogens is 408 g/mol. The molecule has 1 fully saturated rings. The first kappa shape index (κ1) is 20.2. The topological polar surface area (TPSA) is 82.6 Å². The van der Waals surface area contributed by atoms with Crippen LogP contribution in [0.1, 0.15) is 12.5 Å². The lowest BCUT2D eigenvalue weighted by atomic mass is 10.1. The van der Waals surface area contributed by atoms with Gasteiger partial charge in [-0.15, -0.1) is 11.3 Å². The number of hydrogen-bond acceptors (Lipinski definition) is 6. The number of aromatic nitrogens is 1. The molecule has 2 aromatic rings. The predicted octanol–water partition coefficient (Wildman–Crippen LogP) is 1.81. The lowest BCUT2D eigenvalue weighted by molar-refractivity contribution is -0.142. The third kappa shape index (κ3) is 4.67. The molecule has 146 valence electrons. The molecule has 0 aromatic carbocycles. The fourth-order valence-electron chi connectivity index (χ4n) is 3.16. The van der Waals surface area contributed by atoms with Crippen LogP contribution in [0.4, 0.5) is 0 Å². The number of sulfonamides is 1. The molecule has 3 rings (SSSR count). The number of hydrogen-bond donors (Lipinski definition) is 1. The first-order chi connectivity index (χ1) is 12.8. The smallest absolute Gasteiger partial charge is 0.250 e. The van der Waals surface area contributed by atoms with Gasteiger partial charge in [-0.05, 0) is 30.7 Å². The monoisotopic (exact) mass is 428 g/mol. The van der Waals surface area contributed by atoms with Crippen LogP contribution in [0, 0.1) is 0 Å². The molecule has 0 radical (unpaired) electrons. The minimum Gasteiger partial charge on any atom is -0.343 e. The van der Waals surface area contributed by atoms with Crippen LogP contribution in [0.3, 0.4) is 0 Å². The van der Waals surface area contributed by atoms with Crippen molar-refractivity contribution in [3.63, 3.8) is 0 Å². The Labute approximate surface area is 168 Å². The Morgan fingerprint density at radius 3 is 2.78 bits per heavy atom. The second-order valence-corrected chi connectivity index (χ2v) is 10.2. The van der Waals surface area contributed by atoms with Crippen molar-refractivity contribution in [1.82, 2.24) is 19.5 Å². The number of amides is 1. The standard InChI is InChI=1S/C17H21ClN4O3S2/c1-12-17(23)21(2)11-14(22(12)10-13-4-3-7-19-8-13)9-20-27(24,25)16-6-5-15(18)26-16/h3-8,12,14,20H,9-11H2,1-2H3/t12-,14+/m0/s1. The van der Waals surface area contributed by atoms with Gasteiger partial charge >= 0.3 is 0 Å². The van der Waals surface area contributed by atoms with Crippen molar-refractivity contribution in [2.75, 3.05) is 20.1 Å². The van der Waals surface area contributed by atoms with Gasteiger partial charge in [-0.1, -0.05) is 17.7 Å². The highest BCUT2D eigenvalue weighted by Gasteiger charge is 2.37. The van der Waals surface area contributed by atoms with Crippen molar-refractivity contribution in [2.45, 2.75) is 29.8 Å². The van der Waals surface area contributed by atoms with Crippen molar-refractivity contribution >= 4 is 38.9 Å².